The van der Waals surface area contributed by atoms with E-state index < -0.39 is 0 Å². The number of halogens is 1. The topological polar surface area (TPSA) is 49.9 Å². The Morgan fingerprint density at radius 2 is 1.89 bits per heavy atom. The van der Waals surface area contributed by atoms with Gasteiger partial charge in [-0.3, -0.25) is 0 Å². The lowest BCUT2D eigenvalue weighted by atomic mass is 9.82. The zero-order valence-corrected chi connectivity index (χ0v) is 18.3. The lowest BCUT2D eigenvalue weighted by molar-refractivity contribution is -0.0987. The van der Waals surface area contributed by atoms with Crippen LogP contribution in [0.1, 0.15) is 56.0 Å². The van der Waals surface area contributed by atoms with Crippen LogP contribution in [0, 0.1) is 30.5 Å². The average Bonchev–Trinajstić information content (AvgIpc) is 3.03. The Bertz CT molecular complexity index is 775. The molecule has 0 bridgehead atoms. The first-order valence-corrected chi connectivity index (χ1v) is 10.3. The fraction of sp³-hybridized carbons (Fsp3) is 0.391. The summed E-state index contributed by atoms with van der Waals surface area (Å²) in [6.07, 6.45) is 11.7. The minimum absolute atomic E-state index is 0.193. The molecule has 3 nitrogen and oxygen atoms in total. The van der Waals surface area contributed by atoms with E-state index >= 15 is 0 Å². The van der Waals surface area contributed by atoms with Gasteiger partial charge in [-0.25, -0.2) is 4.39 Å². The fourth-order valence-electron chi connectivity index (χ4n) is 3.13. The summed E-state index contributed by atoms with van der Waals surface area (Å²) in [7, 11) is 0.413. The maximum atomic E-state index is 14.1. The zero-order valence-electron chi connectivity index (χ0n) is 17.3. The number of aromatic amines is 1. The van der Waals surface area contributed by atoms with E-state index in [4.69, 9.17) is 16.0 Å². The molecule has 2 rings (SSSR count). The van der Waals surface area contributed by atoms with E-state index in [9.17, 15) is 4.39 Å². The molecular weight excluding hydrogens is 372 g/mol. The molecule has 0 fully saturated rings. The van der Waals surface area contributed by atoms with Crippen LogP contribution in [0.5, 0.6) is 0 Å². The van der Waals surface area contributed by atoms with Crippen molar-refractivity contribution in [1.29, 1.82) is 0 Å². The van der Waals surface area contributed by atoms with E-state index in [1.165, 1.54) is 35.7 Å². The van der Waals surface area contributed by atoms with Gasteiger partial charge in [-0.15, -0.1) is 6.42 Å². The van der Waals surface area contributed by atoms with Crippen molar-refractivity contribution in [1.82, 2.24) is 4.98 Å². The molecule has 1 aromatic heterocycles. The van der Waals surface area contributed by atoms with Crippen molar-refractivity contribution in [3.8, 4) is 12.3 Å². The zero-order chi connectivity index (χ0) is 21.7. The normalized spacial score (nSPS) is 10.6. The number of benzene rings is 1. The molecule has 2 aromatic rings. The molecule has 0 radical (unpaired) electrons. The fourth-order valence-corrected chi connectivity index (χ4v) is 4.32. The number of hydrogen-bond donors (Lipinski definition) is 1. The molecule has 5 heteroatoms. The predicted molar refractivity (Wildman–Crippen MR) is 118 cm³/mol. The maximum Gasteiger partial charge on any atom is 0.131 e. The Balaban J connectivity index is 0.00000171. The van der Waals surface area contributed by atoms with Crippen molar-refractivity contribution in [3.05, 3.63) is 52.6 Å². The minimum Gasteiger partial charge on any atom is -0.364 e. The highest BCUT2D eigenvalue weighted by molar-refractivity contribution is 7.46. The minimum atomic E-state index is -0.193. The second-order valence-corrected chi connectivity index (χ2v) is 8.45. The molecule has 1 aromatic carbocycles. The summed E-state index contributed by atoms with van der Waals surface area (Å²) in [6, 6.07) is 5.08. The van der Waals surface area contributed by atoms with Gasteiger partial charge in [0, 0.05) is 22.8 Å². The number of H-pyrrole nitrogens is 1. The van der Waals surface area contributed by atoms with Crippen LogP contribution in [-0.2, 0) is 22.2 Å². The highest BCUT2D eigenvalue weighted by atomic mass is 31.1. The molecule has 0 saturated heterocycles. The summed E-state index contributed by atoms with van der Waals surface area (Å²) in [5.74, 6) is 2.28. The molecule has 1 atom stereocenters. The standard InChI is InChI=1S/C21H27FNP.2CH2O/c1-6-10-21(4,5)12-19-15(3)17(13-23-19)14-24-20-9-8-16(7-2)11-18(20)22;2*1-2/h2,8-9,11,13,23-24H,6,10,12,14H2,1,3-5H3;2*1H2. The molecule has 0 aliphatic carbocycles. The summed E-state index contributed by atoms with van der Waals surface area (Å²) in [4.78, 5) is 19.4. The van der Waals surface area contributed by atoms with Crippen LogP contribution in [0.3, 0.4) is 0 Å². The molecule has 0 spiro atoms. The van der Waals surface area contributed by atoms with Crippen LogP contribution < -0.4 is 5.30 Å². The van der Waals surface area contributed by atoms with E-state index in [2.05, 4.69) is 44.8 Å². The van der Waals surface area contributed by atoms with Gasteiger partial charge in [0.15, 0.2) is 0 Å². The van der Waals surface area contributed by atoms with Gasteiger partial charge in [-0.05, 0) is 54.6 Å². The number of aromatic nitrogens is 1. The van der Waals surface area contributed by atoms with E-state index in [-0.39, 0.29) is 5.82 Å². The largest absolute Gasteiger partial charge is 0.364 e. The van der Waals surface area contributed by atoms with Gasteiger partial charge < -0.3 is 14.6 Å². The third-order valence-corrected chi connectivity index (χ3v) is 5.89. The molecule has 0 saturated carbocycles. The first-order valence-electron chi connectivity index (χ1n) is 9.10. The first-order chi connectivity index (χ1) is 13.4. The number of carbonyl (C=O) groups is 2. The predicted octanol–water partition coefficient (Wildman–Crippen LogP) is 4.95. The van der Waals surface area contributed by atoms with Gasteiger partial charge in [0.05, 0.1) is 0 Å². The second kappa shape index (κ2) is 13.0. The second-order valence-electron chi connectivity index (χ2n) is 7.20. The molecular formula is C23H31FNO2P. The number of rotatable bonds is 7. The van der Waals surface area contributed by atoms with Gasteiger partial charge in [0.1, 0.15) is 19.4 Å². The van der Waals surface area contributed by atoms with Crippen LogP contribution in [0.4, 0.5) is 4.39 Å². The van der Waals surface area contributed by atoms with Crippen molar-refractivity contribution < 1.29 is 14.0 Å². The molecule has 0 aliphatic rings. The molecule has 0 aliphatic heterocycles. The Morgan fingerprint density at radius 3 is 2.43 bits per heavy atom. The summed E-state index contributed by atoms with van der Waals surface area (Å²) < 4.78 is 14.1. The molecule has 1 N–H and O–H groups in total. The van der Waals surface area contributed by atoms with Crippen LogP contribution in [-0.4, -0.2) is 18.6 Å². The lowest BCUT2D eigenvalue weighted by Gasteiger charge is -2.23. The molecule has 0 amide bonds. The number of terminal acetylenes is 1. The van der Waals surface area contributed by atoms with Crippen molar-refractivity contribution in [2.75, 3.05) is 0 Å². The van der Waals surface area contributed by atoms with Gasteiger partial charge in [0.25, 0.3) is 0 Å². The van der Waals surface area contributed by atoms with E-state index in [1.807, 2.05) is 25.7 Å². The van der Waals surface area contributed by atoms with Crippen LogP contribution >= 0.6 is 8.58 Å². The third kappa shape index (κ3) is 7.79. The highest BCUT2D eigenvalue weighted by Gasteiger charge is 2.20. The smallest absolute Gasteiger partial charge is 0.131 e. The monoisotopic (exact) mass is 403 g/mol. The lowest BCUT2D eigenvalue weighted by Crippen LogP contribution is -2.15. The van der Waals surface area contributed by atoms with Crippen LogP contribution in [0.2, 0.25) is 0 Å². The molecule has 1 unspecified atom stereocenters. The van der Waals surface area contributed by atoms with Gasteiger partial charge in [0.2, 0.25) is 0 Å². The van der Waals surface area contributed by atoms with Gasteiger partial charge in [-0.2, -0.15) is 0 Å². The maximum absolute atomic E-state index is 14.1. The van der Waals surface area contributed by atoms with Crippen LogP contribution in [0.25, 0.3) is 0 Å². The van der Waals surface area contributed by atoms with Crippen molar-refractivity contribution >= 4 is 27.5 Å². The Kier molecular flexibility index (Phi) is 12.0. The molecule has 28 heavy (non-hydrogen) atoms. The number of carbonyl (C=O) groups excluding carboxylic acids is 2. The van der Waals surface area contributed by atoms with Crippen molar-refractivity contribution in [2.45, 2.75) is 53.1 Å². The summed E-state index contributed by atoms with van der Waals surface area (Å²) in [6.45, 7) is 13.0. The van der Waals surface area contributed by atoms with Gasteiger partial charge in [-0.1, -0.05) is 47.8 Å². The summed E-state index contributed by atoms with van der Waals surface area (Å²) in [5, 5.41) is 0.752. The SMILES string of the molecule is C#Cc1ccc(PCc2c[nH]c(CC(C)(C)CCC)c2C)c(F)c1.C=O.C=O. The van der Waals surface area contributed by atoms with E-state index in [1.54, 1.807) is 0 Å². The van der Waals surface area contributed by atoms with Gasteiger partial charge >= 0.3 is 0 Å². The summed E-state index contributed by atoms with van der Waals surface area (Å²) in [5.41, 5.74) is 4.83. The Labute approximate surface area is 170 Å². The van der Waals surface area contributed by atoms with E-state index in [0.717, 1.165) is 17.9 Å². The van der Waals surface area contributed by atoms with E-state index in [0.29, 0.717) is 19.6 Å². The number of nitrogens with one attached hydrogen (secondary N) is 1. The van der Waals surface area contributed by atoms with Crippen LogP contribution in [0.15, 0.2) is 24.4 Å². The average molecular weight is 403 g/mol. The first kappa shape index (κ1) is 25.8. The number of hydrogen-bond acceptors (Lipinski definition) is 2. The summed E-state index contributed by atoms with van der Waals surface area (Å²) >= 11 is 0. The van der Waals surface area contributed by atoms with Crippen molar-refractivity contribution in [2.24, 2.45) is 5.41 Å². The Hall–Kier alpha value is -2.24. The third-order valence-electron chi connectivity index (χ3n) is 4.54. The molecule has 152 valence electrons. The quantitative estimate of drug-likeness (QED) is 0.525. The Morgan fingerprint density at radius 1 is 1.25 bits per heavy atom. The van der Waals surface area contributed by atoms with Crippen molar-refractivity contribution in [3.63, 3.8) is 0 Å². The molecule has 1 heterocycles. The highest BCUT2D eigenvalue weighted by Crippen LogP contribution is 2.30.